The molecule has 1 atom stereocenters. The van der Waals surface area contributed by atoms with E-state index in [0.717, 1.165) is 18.6 Å². The molecule has 0 saturated heterocycles. The number of hydrogen-bond donors (Lipinski definition) is 1. The van der Waals surface area contributed by atoms with Crippen molar-refractivity contribution in [3.63, 3.8) is 0 Å². The summed E-state index contributed by atoms with van der Waals surface area (Å²) in [6, 6.07) is 13.5. The Hall–Kier alpha value is -2.56. The lowest BCUT2D eigenvalue weighted by Gasteiger charge is -2.15. The fourth-order valence-electron chi connectivity index (χ4n) is 2.30. The van der Waals surface area contributed by atoms with Crippen LogP contribution >= 0.6 is 0 Å². The zero-order valence-electron chi connectivity index (χ0n) is 14.6. The third kappa shape index (κ3) is 6.45. The molecular weight excluding hydrogens is 321 g/mol. The van der Waals surface area contributed by atoms with Gasteiger partial charge in [0.25, 0.3) is 5.91 Å². The van der Waals surface area contributed by atoms with Crippen LogP contribution in [0.4, 0.5) is 4.39 Å². The van der Waals surface area contributed by atoms with Crippen molar-refractivity contribution in [2.75, 3.05) is 13.2 Å². The average molecular weight is 345 g/mol. The smallest absolute Gasteiger partial charge is 0.260 e. The minimum Gasteiger partial charge on any atom is -0.492 e. The third-order valence-electron chi connectivity index (χ3n) is 3.63. The first-order valence-electron chi connectivity index (χ1n) is 8.50. The Morgan fingerprint density at radius 2 is 1.72 bits per heavy atom. The molecule has 0 aliphatic carbocycles. The first kappa shape index (κ1) is 18.8. The molecule has 1 amide bonds. The van der Waals surface area contributed by atoms with Gasteiger partial charge >= 0.3 is 0 Å². The molecule has 0 saturated carbocycles. The molecule has 0 aliphatic heterocycles. The molecule has 0 aromatic heterocycles. The molecule has 5 heteroatoms. The summed E-state index contributed by atoms with van der Waals surface area (Å²) in [5.74, 6) is 0.646. The summed E-state index contributed by atoms with van der Waals surface area (Å²) in [6.45, 7) is 4.55. The molecule has 2 aromatic carbocycles. The van der Waals surface area contributed by atoms with Crippen LogP contribution in [0.2, 0.25) is 0 Å². The summed E-state index contributed by atoms with van der Waals surface area (Å²) >= 11 is 0. The van der Waals surface area contributed by atoms with Gasteiger partial charge < -0.3 is 14.8 Å². The first-order chi connectivity index (χ1) is 12.1. The molecule has 0 aliphatic rings. The van der Waals surface area contributed by atoms with Crippen molar-refractivity contribution in [3.8, 4) is 11.5 Å². The Bertz CT molecular complexity index is 656. The molecular formula is C20H24FNO3. The normalized spacial score (nSPS) is 11.6. The zero-order chi connectivity index (χ0) is 18.1. The number of amides is 1. The van der Waals surface area contributed by atoms with Gasteiger partial charge in [0.1, 0.15) is 23.9 Å². The van der Waals surface area contributed by atoms with Crippen LogP contribution in [0.3, 0.4) is 0 Å². The van der Waals surface area contributed by atoms with Crippen molar-refractivity contribution in [1.29, 1.82) is 0 Å². The van der Waals surface area contributed by atoms with E-state index in [4.69, 9.17) is 9.47 Å². The Labute approximate surface area is 148 Å². The van der Waals surface area contributed by atoms with Gasteiger partial charge in [0.05, 0.1) is 6.54 Å². The highest BCUT2D eigenvalue weighted by Gasteiger charge is 2.14. The molecule has 134 valence electrons. The summed E-state index contributed by atoms with van der Waals surface area (Å²) in [7, 11) is 0. The second-order valence-electron chi connectivity index (χ2n) is 5.75. The van der Waals surface area contributed by atoms with Gasteiger partial charge in [-0.05, 0) is 55.3 Å². The number of nitrogens with one attached hydrogen (secondary N) is 1. The topological polar surface area (TPSA) is 47.6 Å². The molecule has 2 aromatic rings. The Kier molecular flexibility index (Phi) is 7.26. The largest absolute Gasteiger partial charge is 0.492 e. The van der Waals surface area contributed by atoms with Crippen molar-refractivity contribution in [1.82, 2.24) is 5.32 Å². The number of carbonyl (C=O) groups is 1. The van der Waals surface area contributed by atoms with Crippen molar-refractivity contribution in [2.45, 2.75) is 32.8 Å². The van der Waals surface area contributed by atoms with Crippen LogP contribution in [-0.2, 0) is 11.2 Å². The monoisotopic (exact) mass is 345 g/mol. The molecule has 0 radical (unpaired) electrons. The van der Waals surface area contributed by atoms with Gasteiger partial charge in [-0.1, -0.05) is 25.5 Å². The second-order valence-corrected chi connectivity index (χ2v) is 5.75. The summed E-state index contributed by atoms with van der Waals surface area (Å²) in [6.07, 6.45) is 1.51. The van der Waals surface area contributed by atoms with E-state index in [1.165, 1.54) is 29.8 Å². The lowest BCUT2D eigenvalue weighted by molar-refractivity contribution is -0.127. The maximum atomic E-state index is 12.8. The molecule has 0 spiro atoms. The standard InChI is InChI=1S/C20H24FNO3/c1-3-4-16-5-9-18(10-6-16)24-14-13-22-20(23)15(2)25-19-11-7-17(21)8-12-19/h5-12,15H,3-4,13-14H2,1-2H3,(H,22,23). The number of benzene rings is 2. The van der Waals surface area contributed by atoms with Gasteiger partial charge in [0.15, 0.2) is 6.10 Å². The van der Waals surface area contributed by atoms with Gasteiger partial charge in [-0.3, -0.25) is 4.79 Å². The lowest BCUT2D eigenvalue weighted by atomic mass is 10.1. The van der Waals surface area contributed by atoms with E-state index in [2.05, 4.69) is 24.4 Å². The average Bonchev–Trinajstić information content (AvgIpc) is 2.62. The summed E-state index contributed by atoms with van der Waals surface area (Å²) in [4.78, 5) is 12.0. The van der Waals surface area contributed by atoms with Gasteiger partial charge in [-0.2, -0.15) is 0 Å². The lowest BCUT2D eigenvalue weighted by Crippen LogP contribution is -2.38. The van der Waals surface area contributed by atoms with Crippen molar-refractivity contribution in [3.05, 3.63) is 59.9 Å². The number of aryl methyl sites for hydroxylation is 1. The molecule has 0 heterocycles. The van der Waals surface area contributed by atoms with Crippen LogP contribution in [-0.4, -0.2) is 25.2 Å². The van der Waals surface area contributed by atoms with Crippen LogP contribution in [0.25, 0.3) is 0 Å². The van der Waals surface area contributed by atoms with E-state index in [1.807, 2.05) is 12.1 Å². The quantitative estimate of drug-likeness (QED) is 0.704. The SMILES string of the molecule is CCCc1ccc(OCCNC(=O)C(C)Oc2ccc(F)cc2)cc1. The molecule has 0 bridgehead atoms. The minimum absolute atomic E-state index is 0.244. The Balaban J connectivity index is 1.68. The highest BCUT2D eigenvalue weighted by molar-refractivity contribution is 5.80. The van der Waals surface area contributed by atoms with Crippen LogP contribution in [0.15, 0.2) is 48.5 Å². The number of rotatable bonds is 9. The minimum atomic E-state index is -0.668. The zero-order valence-corrected chi connectivity index (χ0v) is 14.6. The molecule has 0 fully saturated rings. The molecule has 2 rings (SSSR count). The highest BCUT2D eigenvalue weighted by atomic mass is 19.1. The molecule has 1 N–H and O–H groups in total. The number of hydrogen-bond acceptors (Lipinski definition) is 3. The van der Waals surface area contributed by atoms with E-state index >= 15 is 0 Å². The summed E-state index contributed by atoms with van der Waals surface area (Å²) in [5, 5.41) is 2.75. The predicted molar refractivity (Wildman–Crippen MR) is 95.4 cm³/mol. The van der Waals surface area contributed by atoms with Gasteiger partial charge in [-0.15, -0.1) is 0 Å². The van der Waals surface area contributed by atoms with E-state index in [-0.39, 0.29) is 11.7 Å². The fraction of sp³-hybridized carbons (Fsp3) is 0.350. The second kappa shape index (κ2) is 9.67. The maximum absolute atomic E-state index is 12.8. The van der Waals surface area contributed by atoms with Crippen molar-refractivity contribution >= 4 is 5.91 Å². The van der Waals surface area contributed by atoms with Crippen LogP contribution in [0.5, 0.6) is 11.5 Å². The van der Waals surface area contributed by atoms with E-state index < -0.39 is 6.10 Å². The first-order valence-corrected chi connectivity index (χ1v) is 8.50. The third-order valence-corrected chi connectivity index (χ3v) is 3.63. The van der Waals surface area contributed by atoms with Crippen LogP contribution in [0, 0.1) is 5.82 Å². The van der Waals surface area contributed by atoms with Gasteiger partial charge in [0, 0.05) is 0 Å². The van der Waals surface area contributed by atoms with Crippen molar-refractivity contribution in [2.24, 2.45) is 0 Å². The summed E-state index contributed by atoms with van der Waals surface area (Å²) in [5.41, 5.74) is 1.29. The Morgan fingerprint density at radius 1 is 1.08 bits per heavy atom. The number of carbonyl (C=O) groups excluding carboxylic acids is 1. The molecule has 4 nitrogen and oxygen atoms in total. The van der Waals surface area contributed by atoms with E-state index in [9.17, 15) is 9.18 Å². The molecule has 25 heavy (non-hydrogen) atoms. The van der Waals surface area contributed by atoms with Crippen molar-refractivity contribution < 1.29 is 18.7 Å². The molecule has 1 unspecified atom stereocenters. The van der Waals surface area contributed by atoms with Crippen LogP contribution in [0.1, 0.15) is 25.8 Å². The predicted octanol–water partition coefficient (Wildman–Crippen LogP) is 3.74. The van der Waals surface area contributed by atoms with Crippen LogP contribution < -0.4 is 14.8 Å². The highest BCUT2D eigenvalue weighted by Crippen LogP contribution is 2.14. The summed E-state index contributed by atoms with van der Waals surface area (Å²) < 4.78 is 23.9. The van der Waals surface area contributed by atoms with E-state index in [0.29, 0.717) is 18.9 Å². The van der Waals surface area contributed by atoms with Gasteiger partial charge in [-0.25, -0.2) is 4.39 Å². The number of ether oxygens (including phenoxy) is 2. The van der Waals surface area contributed by atoms with E-state index in [1.54, 1.807) is 6.92 Å². The van der Waals surface area contributed by atoms with Gasteiger partial charge in [0.2, 0.25) is 0 Å². The Morgan fingerprint density at radius 3 is 2.36 bits per heavy atom. The number of halogens is 1. The maximum Gasteiger partial charge on any atom is 0.260 e. The fourth-order valence-corrected chi connectivity index (χ4v) is 2.30.